The summed E-state index contributed by atoms with van der Waals surface area (Å²) in [6.45, 7) is 2.01. The summed E-state index contributed by atoms with van der Waals surface area (Å²) in [6.07, 6.45) is 4.75. The molecule has 0 saturated heterocycles. The number of hydrogen-bond donors (Lipinski definition) is 2. The van der Waals surface area contributed by atoms with Gasteiger partial charge in [-0.1, -0.05) is 0 Å². The van der Waals surface area contributed by atoms with Gasteiger partial charge in [-0.15, -0.1) is 0 Å². The summed E-state index contributed by atoms with van der Waals surface area (Å²) in [4.78, 5) is 27.7. The van der Waals surface area contributed by atoms with Crippen LogP contribution >= 0.6 is 0 Å². The van der Waals surface area contributed by atoms with E-state index >= 15 is 0 Å². The molecule has 2 heterocycles. The molecular weight excluding hydrogens is 318 g/mol. The number of ketones is 1. The van der Waals surface area contributed by atoms with E-state index in [1.54, 1.807) is 42.8 Å². The number of carbonyl (C=O) groups excluding carboxylic acids is 2. The lowest BCUT2D eigenvalue weighted by Crippen LogP contribution is -2.13. The summed E-state index contributed by atoms with van der Waals surface area (Å²) in [5.41, 5.74) is 2.36. The molecule has 3 rings (SSSR count). The van der Waals surface area contributed by atoms with Gasteiger partial charge in [0.05, 0.1) is 24.1 Å². The van der Waals surface area contributed by atoms with Gasteiger partial charge in [-0.2, -0.15) is 0 Å². The van der Waals surface area contributed by atoms with Crippen molar-refractivity contribution in [2.24, 2.45) is 0 Å². The summed E-state index contributed by atoms with van der Waals surface area (Å²) >= 11 is 0. The Morgan fingerprint density at radius 2 is 1.84 bits per heavy atom. The second-order valence-electron chi connectivity index (χ2n) is 5.48. The molecule has 6 nitrogen and oxygen atoms in total. The zero-order chi connectivity index (χ0) is 17.6. The van der Waals surface area contributed by atoms with Crippen LogP contribution in [0.1, 0.15) is 33.4 Å². The van der Waals surface area contributed by atoms with Gasteiger partial charge in [0.2, 0.25) is 0 Å². The SMILES string of the molecule is CC(=O)c1ccc(NC(=O)c2cncc(NCc3ccco3)c2)cc1. The van der Waals surface area contributed by atoms with Gasteiger partial charge in [-0.3, -0.25) is 14.6 Å². The zero-order valence-corrected chi connectivity index (χ0v) is 13.7. The average Bonchev–Trinajstić information content (AvgIpc) is 3.14. The van der Waals surface area contributed by atoms with Crippen molar-refractivity contribution in [3.05, 3.63) is 78.0 Å². The highest BCUT2D eigenvalue weighted by molar-refractivity contribution is 6.04. The molecule has 0 aliphatic carbocycles. The second kappa shape index (κ2) is 7.44. The third kappa shape index (κ3) is 4.32. The standard InChI is InChI=1S/C19H17N3O3/c1-13(23)14-4-6-16(7-5-14)22-19(24)15-9-17(11-20-10-15)21-12-18-3-2-8-25-18/h2-11,21H,12H2,1H3,(H,22,24). The molecule has 0 spiro atoms. The summed E-state index contributed by atoms with van der Waals surface area (Å²) in [7, 11) is 0. The van der Waals surface area contributed by atoms with Crippen molar-refractivity contribution in [1.82, 2.24) is 4.98 Å². The van der Waals surface area contributed by atoms with Gasteiger partial charge in [-0.25, -0.2) is 0 Å². The molecule has 25 heavy (non-hydrogen) atoms. The van der Waals surface area contributed by atoms with E-state index in [0.717, 1.165) is 11.4 Å². The molecule has 0 radical (unpaired) electrons. The molecule has 1 aromatic carbocycles. The van der Waals surface area contributed by atoms with Crippen LogP contribution in [0.25, 0.3) is 0 Å². The van der Waals surface area contributed by atoms with Crippen molar-refractivity contribution < 1.29 is 14.0 Å². The van der Waals surface area contributed by atoms with Crippen molar-refractivity contribution in [2.45, 2.75) is 13.5 Å². The minimum Gasteiger partial charge on any atom is -0.467 e. The predicted octanol–water partition coefficient (Wildman–Crippen LogP) is 3.74. The molecule has 0 bridgehead atoms. The van der Waals surface area contributed by atoms with Crippen LogP contribution in [-0.2, 0) is 6.54 Å². The molecule has 2 aromatic heterocycles. The average molecular weight is 335 g/mol. The van der Waals surface area contributed by atoms with E-state index in [9.17, 15) is 9.59 Å². The summed E-state index contributed by atoms with van der Waals surface area (Å²) < 4.78 is 5.25. The van der Waals surface area contributed by atoms with Crippen molar-refractivity contribution in [2.75, 3.05) is 10.6 Å². The second-order valence-corrected chi connectivity index (χ2v) is 5.48. The Morgan fingerprint density at radius 3 is 2.52 bits per heavy atom. The summed E-state index contributed by atoms with van der Waals surface area (Å²) in [6, 6.07) is 12.1. The van der Waals surface area contributed by atoms with Crippen LogP contribution < -0.4 is 10.6 Å². The highest BCUT2D eigenvalue weighted by atomic mass is 16.3. The Labute approximate surface area is 144 Å². The minimum absolute atomic E-state index is 0.0163. The van der Waals surface area contributed by atoms with Crippen molar-refractivity contribution in [3.63, 3.8) is 0 Å². The monoisotopic (exact) mass is 335 g/mol. The number of furan rings is 1. The molecule has 0 fully saturated rings. The number of carbonyl (C=O) groups is 2. The maximum Gasteiger partial charge on any atom is 0.257 e. The number of Topliss-reactive ketones (excluding diaryl/α,β-unsaturated/α-hetero) is 1. The molecule has 0 atom stereocenters. The maximum atomic E-state index is 12.4. The normalized spacial score (nSPS) is 10.3. The Bertz CT molecular complexity index is 871. The fourth-order valence-electron chi connectivity index (χ4n) is 2.25. The first-order valence-corrected chi connectivity index (χ1v) is 7.75. The number of aromatic nitrogens is 1. The number of nitrogens with one attached hydrogen (secondary N) is 2. The van der Waals surface area contributed by atoms with E-state index < -0.39 is 0 Å². The Morgan fingerprint density at radius 1 is 1.04 bits per heavy atom. The summed E-state index contributed by atoms with van der Waals surface area (Å²) in [5, 5.41) is 5.94. The van der Waals surface area contributed by atoms with E-state index in [0.29, 0.717) is 23.4 Å². The van der Waals surface area contributed by atoms with Crippen LogP contribution in [0.5, 0.6) is 0 Å². The topological polar surface area (TPSA) is 84.2 Å². The van der Waals surface area contributed by atoms with Crippen LogP contribution in [0.2, 0.25) is 0 Å². The van der Waals surface area contributed by atoms with Crippen molar-refractivity contribution in [1.29, 1.82) is 0 Å². The number of nitrogens with zero attached hydrogens (tertiary/aromatic N) is 1. The quantitative estimate of drug-likeness (QED) is 0.670. The molecule has 0 unspecified atom stereocenters. The molecule has 0 aliphatic rings. The lowest BCUT2D eigenvalue weighted by molar-refractivity contribution is 0.101. The van der Waals surface area contributed by atoms with Crippen molar-refractivity contribution in [3.8, 4) is 0 Å². The molecule has 6 heteroatoms. The number of benzene rings is 1. The number of pyridine rings is 1. The van der Waals surface area contributed by atoms with Crippen LogP contribution in [0, 0.1) is 0 Å². The molecule has 0 aliphatic heterocycles. The third-order valence-corrected chi connectivity index (χ3v) is 3.60. The van der Waals surface area contributed by atoms with Gasteiger partial charge < -0.3 is 15.1 Å². The Hall–Kier alpha value is -3.41. The highest BCUT2D eigenvalue weighted by Gasteiger charge is 2.08. The van der Waals surface area contributed by atoms with Crippen LogP contribution in [0.4, 0.5) is 11.4 Å². The van der Waals surface area contributed by atoms with Crippen LogP contribution in [-0.4, -0.2) is 16.7 Å². The number of amides is 1. The largest absolute Gasteiger partial charge is 0.467 e. The Kier molecular flexibility index (Phi) is 4.89. The van der Waals surface area contributed by atoms with E-state index in [1.807, 2.05) is 12.1 Å². The zero-order valence-electron chi connectivity index (χ0n) is 13.7. The smallest absolute Gasteiger partial charge is 0.257 e. The number of anilines is 2. The lowest BCUT2D eigenvalue weighted by atomic mass is 10.1. The van der Waals surface area contributed by atoms with Crippen LogP contribution in [0.3, 0.4) is 0 Å². The molecule has 1 amide bonds. The predicted molar refractivity (Wildman–Crippen MR) is 94.7 cm³/mol. The Balaban J connectivity index is 1.65. The maximum absolute atomic E-state index is 12.4. The number of rotatable bonds is 6. The first-order valence-electron chi connectivity index (χ1n) is 7.75. The summed E-state index contributed by atoms with van der Waals surface area (Å²) in [5.74, 6) is 0.502. The molecule has 3 aromatic rings. The molecule has 0 saturated carbocycles. The van der Waals surface area contributed by atoms with E-state index in [2.05, 4.69) is 15.6 Å². The minimum atomic E-state index is -0.273. The van der Waals surface area contributed by atoms with Gasteiger partial charge in [-0.05, 0) is 49.4 Å². The fourth-order valence-corrected chi connectivity index (χ4v) is 2.25. The molecular formula is C19H17N3O3. The highest BCUT2D eigenvalue weighted by Crippen LogP contribution is 2.14. The van der Waals surface area contributed by atoms with E-state index in [1.165, 1.54) is 13.1 Å². The number of hydrogen-bond acceptors (Lipinski definition) is 5. The lowest BCUT2D eigenvalue weighted by Gasteiger charge is -2.08. The molecule has 126 valence electrons. The van der Waals surface area contributed by atoms with E-state index in [4.69, 9.17) is 4.42 Å². The van der Waals surface area contributed by atoms with Gasteiger partial charge >= 0.3 is 0 Å². The first-order chi connectivity index (χ1) is 12.1. The van der Waals surface area contributed by atoms with Gasteiger partial charge in [0.25, 0.3) is 5.91 Å². The molecule has 2 N–H and O–H groups in total. The fraction of sp³-hybridized carbons (Fsp3) is 0.105. The van der Waals surface area contributed by atoms with Crippen LogP contribution in [0.15, 0.2) is 65.5 Å². The van der Waals surface area contributed by atoms with Gasteiger partial charge in [0.1, 0.15) is 5.76 Å². The first kappa shape index (κ1) is 16.4. The van der Waals surface area contributed by atoms with E-state index in [-0.39, 0.29) is 11.7 Å². The third-order valence-electron chi connectivity index (χ3n) is 3.60. The van der Waals surface area contributed by atoms with Gasteiger partial charge in [0.15, 0.2) is 5.78 Å². The van der Waals surface area contributed by atoms with Gasteiger partial charge in [0, 0.05) is 23.6 Å². The van der Waals surface area contributed by atoms with Crippen molar-refractivity contribution >= 4 is 23.1 Å².